The number of anilines is 1. The molecule has 0 aliphatic carbocycles. The largest absolute Gasteiger partial charge is 0.478 e. The number of fused-ring (bicyclic) bond motifs is 1. The number of aromatic carboxylic acids is 1. The number of nitrogens with zero attached hydrogens (tertiary/aromatic N) is 1. The maximum absolute atomic E-state index is 11.0. The third kappa shape index (κ3) is 2.17. The standard InChI is InChI=1S/C19H21NO2/c1-13-19(2,16-6-4-5-7-17(16)20(13)3)12-14-8-10-15(11-9-14)18(21)22/h4-11,13H,12H2,1-3H3,(H,21,22). The van der Waals surface area contributed by atoms with Crippen molar-refractivity contribution in [2.75, 3.05) is 11.9 Å². The van der Waals surface area contributed by atoms with Crippen LogP contribution < -0.4 is 4.90 Å². The second kappa shape index (κ2) is 5.16. The fourth-order valence-electron chi connectivity index (χ4n) is 3.56. The van der Waals surface area contributed by atoms with Crippen molar-refractivity contribution >= 4 is 11.7 Å². The molecule has 1 N–H and O–H groups in total. The predicted octanol–water partition coefficient (Wildman–Crippen LogP) is 3.72. The minimum atomic E-state index is -0.878. The fourth-order valence-corrected chi connectivity index (χ4v) is 3.56. The van der Waals surface area contributed by atoms with Gasteiger partial charge in [0.25, 0.3) is 0 Å². The summed E-state index contributed by atoms with van der Waals surface area (Å²) >= 11 is 0. The van der Waals surface area contributed by atoms with Gasteiger partial charge in [0, 0.05) is 24.2 Å². The first-order valence-electron chi connectivity index (χ1n) is 7.58. The zero-order chi connectivity index (χ0) is 15.9. The zero-order valence-electron chi connectivity index (χ0n) is 13.2. The van der Waals surface area contributed by atoms with Gasteiger partial charge in [0.2, 0.25) is 0 Å². The first-order chi connectivity index (χ1) is 10.4. The van der Waals surface area contributed by atoms with Crippen LogP contribution in [0.2, 0.25) is 0 Å². The van der Waals surface area contributed by atoms with Gasteiger partial charge < -0.3 is 10.0 Å². The van der Waals surface area contributed by atoms with Gasteiger partial charge in [0.05, 0.1) is 5.56 Å². The lowest BCUT2D eigenvalue weighted by Gasteiger charge is -2.33. The molecule has 114 valence electrons. The average Bonchev–Trinajstić information content (AvgIpc) is 2.70. The molecule has 3 heteroatoms. The van der Waals surface area contributed by atoms with E-state index in [1.54, 1.807) is 12.1 Å². The van der Waals surface area contributed by atoms with Crippen molar-refractivity contribution in [3.05, 3.63) is 65.2 Å². The molecule has 0 amide bonds. The van der Waals surface area contributed by atoms with Crippen molar-refractivity contribution in [3.63, 3.8) is 0 Å². The molecule has 0 saturated heterocycles. The van der Waals surface area contributed by atoms with E-state index >= 15 is 0 Å². The Bertz CT molecular complexity index is 708. The molecule has 1 aliphatic rings. The molecule has 22 heavy (non-hydrogen) atoms. The molecule has 2 atom stereocenters. The maximum Gasteiger partial charge on any atom is 0.335 e. The Balaban J connectivity index is 1.95. The Kier molecular flexibility index (Phi) is 3.44. The quantitative estimate of drug-likeness (QED) is 0.938. The van der Waals surface area contributed by atoms with Crippen LogP contribution in [0.5, 0.6) is 0 Å². The summed E-state index contributed by atoms with van der Waals surface area (Å²) in [5, 5.41) is 9.01. The summed E-state index contributed by atoms with van der Waals surface area (Å²) < 4.78 is 0. The minimum absolute atomic E-state index is 0.0239. The van der Waals surface area contributed by atoms with Gasteiger partial charge in [-0.15, -0.1) is 0 Å². The molecule has 0 aromatic heterocycles. The lowest BCUT2D eigenvalue weighted by atomic mass is 9.74. The smallest absolute Gasteiger partial charge is 0.335 e. The van der Waals surface area contributed by atoms with Gasteiger partial charge >= 0.3 is 5.97 Å². The van der Waals surface area contributed by atoms with Crippen LogP contribution >= 0.6 is 0 Å². The Labute approximate surface area is 131 Å². The number of hydrogen-bond donors (Lipinski definition) is 1. The lowest BCUT2D eigenvalue weighted by Crippen LogP contribution is -2.40. The molecule has 3 nitrogen and oxygen atoms in total. The second-order valence-electron chi connectivity index (χ2n) is 6.40. The van der Waals surface area contributed by atoms with Gasteiger partial charge in [0.15, 0.2) is 0 Å². The van der Waals surface area contributed by atoms with Crippen LogP contribution in [0.1, 0.15) is 35.3 Å². The molecular weight excluding hydrogens is 274 g/mol. The summed E-state index contributed by atoms with van der Waals surface area (Å²) in [5.41, 5.74) is 4.19. The molecule has 1 aliphatic heterocycles. The van der Waals surface area contributed by atoms with Gasteiger partial charge in [-0.05, 0) is 42.7 Å². The van der Waals surface area contributed by atoms with Crippen molar-refractivity contribution in [1.82, 2.24) is 0 Å². The summed E-state index contributed by atoms with van der Waals surface area (Å²) in [5.74, 6) is -0.878. The van der Waals surface area contributed by atoms with Crippen LogP contribution in [0.3, 0.4) is 0 Å². The Morgan fingerprint density at radius 1 is 1.18 bits per heavy atom. The van der Waals surface area contributed by atoms with E-state index in [-0.39, 0.29) is 5.41 Å². The molecule has 2 aromatic rings. The monoisotopic (exact) mass is 295 g/mol. The molecule has 1 heterocycles. The Morgan fingerprint density at radius 3 is 2.45 bits per heavy atom. The molecule has 0 spiro atoms. The van der Waals surface area contributed by atoms with E-state index in [2.05, 4.69) is 50.1 Å². The number of hydrogen-bond acceptors (Lipinski definition) is 2. The summed E-state index contributed by atoms with van der Waals surface area (Å²) in [7, 11) is 2.14. The van der Waals surface area contributed by atoms with E-state index in [4.69, 9.17) is 5.11 Å². The van der Waals surface area contributed by atoms with Crippen molar-refractivity contribution in [2.24, 2.45) is 0 Å². The summed E-state index contributed by atoms with van der Waals surface area (Å²) in [6, 6.07) is 16.2. The van der Waals surface area contributed by atoms with Gasteiger partial charge in [-0.2, -0.15) is 0 Å². The number of rotatable bonds is 3. The molecule has 0 saturated carbocycles. The highest BCUT2D eigenvalue weighted by Gasteiger charge is 2.43. The van der Waals surface area contributed by atoms with E-state index in [0.29, 0.717) is 11.6 Å². The molecule has 0 radical (unpaired) electrons. The first-order valence-corrected chi connectivity index (χ1v) is 7.58. The second-order valence-corrected chi connectivity index (χ2v) is 6.40. The molecule has 2 aromatic carbocycles. The van der Waals surface area contributed by atoms with Crippen LogP contribution in [0.4, 0.5) is 5.69 Å². The summed E-state index contributed by atoms with van der Waals surface area (Å²) in [4.78, 5) is 13.3. The lowest BCUT2D eigenvalue weighted by molar-refractivity contribution is 0.0697. The van der Waals surface area contributed by atoms with Crippen molar-refractivity contribution in [1.29, 1.82) is 0 Å². The van der Waals surface area contributed by atoms with Gasteiger partial charge in [-0.1, -0.05) is 37.3 Å². The normalized spacial score (nSPS) is 23.4. The number of carbonyl (C=O) groups is 1. The molecule has 3 rings (SSSR count). The van der Waals surface area contributed by atoms with Crippen LogP contribution in [0.15, 0.2) is 48.5 Å². The van der Waals surface area contributed by atoms with Crippen LogP contribution in [0.25, 0.3) is 0 Å². The minimum Gasteiger partial charge on any atom is -0.478 e. The van der Waals surface area contributed by atoms with E-state index in [9.17, 15) is 4.79 Å². The number of carboxylic acid groups (broad SMARTS) is 1. The SMILES string of the molecule is CC1N(C)c2ccccc2C1(C)Cc1ccc(C(=O)O)cc1. The van der Waals surface area contributed by atoms with Crippen LogP contribution in [0, 0.1) is 0 Å². The van der Waals surface area contributed by atoms with E-state index < -0.39 is 5.97 Å². The van der Waals surface area contributed by atoms with Crippen LogP contribution in [-0.4, -0.2) is 24.2 Å². The number of likely N-dealkylation sites (N-methyl/N-ethyl adjacent to an activating group) is 1. The number of benzene rings is 2. The number of para-hydroxylation sites is 1. The zero-order valence-corrected chi connectivity index (χ0v) is 13.2. The van der Waals surface area contributed by atoms with E-state index in [0.717, 1.165) is 6.42 Å². The average molecular weight is 295 g/mol. The molecule has 0 fully saturated rings. The van der Waals surface area contributed by atoms with Gasteiger partial charge in [-0.3, -0.25) is 0 Å². The van der Waals surface area contributed by atoms with E-state index in [1.807, 2.05) is 12.1 Å². The van der Waals surface area contributed by atoms with Gasteiger partial charge in [-0.25, -0.2) is 4.79 Å². The topological polar surface area (TPSA) is 40.5 Å². The summed E-state index contributed by atoms with van der Waals surface area (Å²) in [6.45, 7) is 4.55. The fraction of sp³-hybridized carbons (Fsp3) is 0.316. The maximum atomic E-state index is 11.0. The van der Waals surface area contributed by atoms with Crippen molar-refractivity contribution in [2.45, 2.75) is 31.7 Å². The highest BCUT2D eigenvalue weighted by molar-refractivity contribution is 5.87. The van der Waals surface area contributed by atoms with Crippen molar-refractivity contribution < 1.29 is 9.90 Å². The molecular formula is C19H21NO2. The Hall–Kier alpha value is -2.29. The van der Waals surface area contributed by atoms with Crippen LogP contribution in [-0.2, 0) is 11.8 Å². The third-order valence-corrected chi connectivity index (χ3v) is 5.17. The number of carboxylic acids is 1. The Morgan fingerprint density at radius 2 is 1.82 bits per heavy atom. The third-order valence-electron chi connectivity index (χ3n) is 5.17. The van der Waals surface area contributed by atoms with Gasteiger partial charge in [0.1, 0.15) is 0 Å². The molecule has 2 unspecified atom stereocenters. The van der Waals surface area contributed by atoms with E-state index in [1.165, 1.54) is 16.8 Å². The highest BCUT2D eigenvalue weighted by atomic mass is 16.4. The first kappa shape index (κ1) is 14.6. The molecule has 0 bridgehead atoms. The highest BCUT2D eigenvalue weighted by Crippen LogP contribution is 2.46. The predicted molar refractivity (Wildman–Crippen MR) is 88.8 cm³/mol. The van der Waals surface area contributed by atoms with Crippen molar-refractivity contribution in [3.8, 4) is 0 Å². The summed E-state index contributed by atoms with van der Waals surface area (Å²) in [6.07, 6.45) is 0.898.